The number of aromatic carboxylic acids is 2. The summed E-state index contributed by atoms with van der Waals surface area (Å²) in [5.41, 5.74) is 2.16. The molecule has 0 bridgehead atoms. The van der Waals surface area contributed by atoms with E-state index in [1.54, 1.807) is 24.3 Å². The third kappa shape index (κ3) is 7.02. The maximum absolute atomic E-state index is 13.6. The molecule has 0 saturated carbocycles. The van der Waals surface area contributed by atoms with Gasteiger partial charge in [0.15, 0.2) is 5.13 Å². The molecule has 9 nitrogen and oxygen atoms in total. The van der Waals surface area contributed by atoms with E-state index in [1.807, 2.05) is 67.6 Å². The van der Waals surface area contributed by atoms with Crippen LogP contribution in [0.5, 0.6) is 0 Å². The number of carbonyl (C=O) groups is 4. The number of amides is 2. The molecule has 5 rings (SSSR count). The fraction of sp³-hybridized carbons (Fsp3) is 0.0606. The monoisotopic (exact) mass is 623 g/mol. The van der Waals surface area contributed by atoms with Crippen LogP contribution >= 0.6 is 23.1 Å². The van der Waals surface area contributed by atoms with Gasteiger partial charge in [0.25, 0.3) is 5.91 Å². The van der Waals surface area contributed by atoms with Crippen molar-refractivity contribution >= 4 is 57.7 Å². The average Bonchev–Trinajstić information content (AvgIpc) is 3.40. The SMILES string of the molecule is Cc1sc(NC(=O)C(Sc2ccc(NC(=O)c3ccc(C(=O)O)cc3C(=O)O)cc2)c2ccccc2)nc1-c1ccccc1. The van der Waals surface area contributed by atoms with Gasteiger partial charge in [-0.15, -0.1) is 23.1 Å². The van der Waals surface area contributed by atoms with Gasteiger partial charge >= 0.3 is 11.9 Å². The zero-order valence-electron chi connectivity index (χ0n) is 23.2. The number of aryl methyl sites for hydroxylation is 1. The number of carboxylic acids is 2. The van der Waals surface area contributed by atoms with E-state index in [0.717, 1.165) is 32.7 Å². The van der Waals surface area contributed by atoms with Crippen molar-refractivity contribution in [1.82, 2.24) is 4.98 Å². The molecular weight excluding hydrogens is 599 g/mol. The number of anilines is 2. The molecule has 44 heavy (non-hydrogen) atoms. The summed E-state index contributed by atoms with van der Waals surface area (Å²) < 4.78 is 0. The Morgan fingerprint density at radius 1 is 0.773 bits per heavy atom. The molecule has 0 spiro atoms. The van der Waals surface area contributed by atoms with Gasteiger partial charge < -0.3 is 20.8 Å². The van der Waals surface area contributed by atoms with Gasteiger partial charge in [-0.3, -0.25) is 9.59 Å². The highest BCUT2D eigenvalue weighted by molar-refractivity contribution is 8.00. The summed E-state index contributed by atoms with van der Waals surface area (Å²) in [7, 11) is 0. The molecule has 1 heterocycles. The van der Waals surface area contributed by atoms with E-state index < -0.39 is 28.7 Å². The molecule has 4 N–H and O–H groups in total. The summed E-state index contributed by atoms with van der Waals surface area (Å²) in [5.74, 6) is -3.65. The minimum atomic E-state index is -1.42. The Bertz CT molecular complexity index is 1840. The van der Waals surface area contributed by atoms with Gasteiger partial charge in [0.1, 0.15) is 5.25 Å². The van der Waals surface area contributed by atoms with Crippen LogP contribution in [0.4, 0.5) is 10.8 Å². The van der Waals surface area contributed by atoms with Crippen molar-refractivity contribution in [2.24, 2.45) is 0 Å². The Hall–Kier alpha value is -5.26. The van der Waals surface area contributed by atoms with Crippen LogP contribution in [0.1, 0.15) is 46.8 Å². The van der Waals surface area contributed by atoms with Gasteiger partial charge in [-0.25, -0.2) is 14.6 Å². The molecule has 220 valence electrons. The van der Waals surface area contributed by atoms with Crippen LogP contribution in [0, 0.1) is 6.92 Å². The minimum Gasteiger partial charge on any atom is -0.478 e. The average molecular weight is 624 g/mol. The molecule has 11 heteroatoms. The maximum Gasteiger partial charge on any atom is 0.336 e. The molecule has 1 unspecified atom stereocenters. The quantitative estimate of drug-likeness (QED) is 0.119. The summed E-state index contributed by atoms with van der Waals surface area (Å²) in [4.78, 5) is 55.7. The van der Waals surface area contributed by atoms with E-state index >= 15 is 0 Å². The van der Waals surface area contributed by atoms with E-state index in [-0.39, 0.29) is 17.0 Å². The summed E-state index contributed by atoms with van der Waals surface area (Å²) in [6.45, 7) is 1.97. The van der Waals surface area contributed by atoms with Gasteiger partial charge in [-0.05, 0) is 55.0 Å². The van der Waals surface area contributed by atoms with Crippen molar-refractivity contribution in [2.75, 3.05) is 10.6 Å². The normalized spacial score (nSPS) is 11.4. The minimum absolute atomic E-state index is 0.172. The number of rotatable bonds is 10. The third-order valence-electron chi connectivity index (χ3n) is 6.52. The Balaban J connectivity index is 1.32. The lowest BCUT2D eigenvalue weighted by molar-refractivity contribution is -0.115. The highest BCUT2D eigenvalue weighted by Crippen LogP contribution is 2.38. The zero-order chi connectivity index (χ0) is 31.2. The van der Waals surface area contributed by atoms with Crippen LogP contribution in [-0.2, 0) is 4.79 Å². The first-order chi connectivity index (χ1) is 21.2. The number of hydrogen-bond acceptors (Lipinski definition) is 7. The zero-order valence-corrected chi connectivity index (χ0v) is 24.8. The van der Waals surface area contributed by atoms with E-state index in [0.29, 0.717) is 10.8 Å². The van der Waals surface area contributed by atoms with Crippen LogP contribution in [0.25, 0.3) is 11.3 Å². The number of hydrogen-bond donors (Lipinski definition) is 4. The van der Waals surface area contributed by atoms with Crippen molar-refractivity contribution < 1.29 is 29.4 Å². The van der Waals surface area contributed by atoms with Crippen LogP contribution < -0.4 is 10.6 Å². The smallest absolute Gasteiger partial charge is 0.336 e. The second-order valence-corrected chi connectivity index (χ2v) is 11.9. The Morgan fingerprint density at radius 3 is 2.07 bits per heavy atom. The molecule has 4 aromatic carbocycles. The first-order valence-electron chi connectivity index (χ1n) is 13.3. The molecular formula is C33H25N3O6S2. The van der Waals surface area contributed by atoms with Crippen molar-refractivity contribution in [1.29, 1.82) is 0 Å². The molecule has 0 radical (unpaired) electrons. The van der Waals surface area contributed by atoms with Crippen LogP contribution in [-0.4, -0.2) is 39.0 Å². The molecule has 0 aliphatic carbocycles. The molecule has 0 saturated heterocycles. The fourth-order valence-corrected chi connectivity index (χ4v) is 6.25. The van der Waals surface area contributed by atoms with Gasteiger partial charge in [0.05, 0.1) is 22.4 Å². The van der Waals surface area contributed by atoms with Gasteiger partial charge in [0.2, 0.25) is 5.91 Å². The first-order valence-corrected chi connectivity index (χ1v) is 15.0. The number of nitrogens with one attached hydrogen (secondary N) is 2. The van der Waals surface area contributed by atoms with Gasteiger partial charge in [-0.1, -0.05) is 60.7 Å². The molecule has 1 atom stereocenters. The van der Waals surface area contributed by atoms with E-state index in [4.69, 9.17) is 5.11 Å². The summed E-state index contributed by atoms with van der Waals surface area (Å²) in [5, 5.41) is 24.2. The highest BCUT2D eigenvalue weighted by atomic mass is 32.2. The Kier molecular flexibility index (Phi) is 9.17. The topological polar surface area (TPSA) is 146 Å². The van der Waals surface area contributed by atoms with E-state index in [9.17, 15) is 24.3 Å². The van der Waals surface area contributed by atoms with Crippen LogP contribution in [0.15, 0.2) is 108 Å². The fourth-order valence-electron chi connectivity index (χ4n) is 4.39. The van der Waals surface area contributed by atoms with Crippen molar-refractivity contribution in [3.63, 3.8) is 0 Å². The molecule has 5 aromatic rings. The second kappa shape index (κ2) is 13.4. The predicted molar refractivity (Wildman–Crippen MR) is 171 cm³/mol. The third-order valence-corrected chi connectivity index (χ3v) is 8.67. The number of aromatic nitrogens is 1. The second-order valence-electron chi connectivity index (χ2n) is 9.54. The molecule has 0 fully saturated rings. The van der Waals surface area contributed by atoms with Crippen molar-refractivity contribution in [3.05, 3.63) is 130 Å². The number of carboxylic acid groups (broad SMARTS) is 2. The molecule has 0 aliphatic rings. The summed E-state index contributed by atoms with van der Waals surface area (Å²) in [6.07, 6.45) is 0. The largest absolute Gasteiger partial charge is 0.478 e. The number of thioether (sulfide) groups is 1. The lowest BCUT2D eigenvalue weighted by Crippen LogP contribution is -2.19. The lowest BCUT2D eigenvalue weighted by atomic mass is 10.0. The maximum atomic E-state index is 13.6. The number of benzene rings is 4. The lowest BCUT2D eigenvalue weighted by Gasteiger charge is -2.16. The molecule has 0 aliphatic heterocycles. The van der Waals surface area contributed by atoms with E-state index in [2.05, 4.69) is 15.6 Å². The predicted octanol–water partition coefficient (Wildman–Crippen LogP) is 7.24. The standard InChI is InChI=1S/C33H25N3O6S2/c1-19-27(20-8-4-2-5-9-20)35-33(43-19)36-30(38)28(21-10-6-3-7-11-21)44-24-15-13-23(14-16-24)34-29(37)25-17-12-22(31(39)40)18-26(25)32(41)42/h2-18,28H,1H3,(H,34,37)(H,39,40)(H,41,42)(H,35,36,38). The number of carbonyl (C=O) groups excluding carboxylic acids is 2. The highest BCUT2D eigenvalue weighted by Gasteiger charge is 2.24. The van der Waals surface area contributed by atoms with Crippen molar-refractivity contribution in [2.45, 2.75) is 17.1 Å². The number of thiazole rings is 1. The van der Waals surface area contributed by atoms with Crippen LogP contribution in [0.2, 0.25) is 0 Å². The van der Waals surface area contributed by atoms with Gasteiger partial charge in [0, 0.05) is 21.0 Å². The Labute approximate surface area is 260 Å². The first kappa shape index (κ1) is 30.2. The van der Waals surface area contributed by atoms with Crippen molar-refractivity contribution in [3.8, 4) is 11.3 Å². The Morgan fingerprint density at radius 2 is 1.43 bits per heavy atom. The van der Waals surface area contributed by atoms with Gasteiger partial charge in [-0.2, -0.15) is 0 Å². The van der Waals surface area contributed by atoms with E-state index in [1.165, 1.54) is 35.2 Å². The number of nitrogens with zero attached hydrogens (tertiary/aromatic N) is 1. The summed E-state index contributed by atoms with van der Waals surface area (Å²) >= 11 is 2.74. The summed E-state index contributed by atoms with van der Waals surface area (Å²) in [6, 6.07) is 29.2. The van der Waals surface area contributed by atoms with Crippen LogP contribution in [0.3, 0.4) is 0 Å². The molecule has 1 aromatic heterocycles. The molecule has 2 amide bonds.